The van der Waals surface area contributed by atoms with Crippen LogP contribution in [0, 0.1) is 13.8 Å². The molecule has 1 N–H and O–H groups in total. The van der Waals surface area contributed by atoms with E-state index in [0.29, 0.717) is 0 Å². The van der Waals surface area contributed by atoms with Gasteiger partial charge in [-0.05, 0) is 13.8 Å². The zero-order chi connectivity index (χ0) is 11.4. The van der Waals surface area contributed by atoms with Crippen molar-refractivity contribution in [2.45, 2.75) is 26.8 Å². The molecule has 0 saturated carbocycles. The Hall–Kier alpha value is -0.780. The summed E-state index contributed by atoms with van der Waals surface area (Å²) in [6.07, 6.45) is 2.94. The van der Waals surface area contributed by atoms with E-state index < -0.39 is 0 Å². The maximum Gasteiger partial charge on any atom is 0.0940 e. The molecular formula is C11H15N3S2. The number of aryl methyl sites for hydroxylation is 2. The third kappa shape index (κ3) is 3.37. The Morgan fingerprint density at radius 2 is 2.25 bits per heavy atom. The smallest absolute Gasteiger partial charge is 0.0940 e. The first-order chi connectivity index (χ1) is 7.74. The summed E-state index contributed by atoms with van der Waals surface area (Å²) in [6, 6.07) is 0. The monoisotopic (exact) mass is 253 g/mol. The van der Waals surface area contributed by atoms with Crippen molar-refractivity contribution >= 4 is 22.7 Å². The molecule has 5 heteroatoms. The lowest BCUT2D eigenvalue weighted by Gasteiger charge is -1.99. The number of nitrogens with one attached hydrogen (secondary N) is 1. The fraction of sp³-hybridized carbons (Fsp3) is 0.455. The average molecular weight is 253 g/mol. The summed E-state index contributed by atoms with van der Waals surface area (Å²) in [5, 5.41) is 7.83. The number of hydrogen-bond donors (Lipinski definition) is 1. The molecule has 0 spiro atoms. The summed E-state index contributed by atoms with van der Waals surface area (Å²) in [4.78, 5) is 10.0. The summed E-state index contributed by atoms with van der Waals surface area (Å²) in [5.41, 5.74) is 1.14. The summed E-state index contributed by atoms with van der Waals surface area (Å²) in [6.45, 7) is 5.94. The van der Waals surface area contributed by atoms with Crippen LogP contribution >= 0.6 is 22.7 Å². The van der Waals surface area contributed by atoms with E-state index in [1.54, 1.807) is 22.7 Å². The molecule has 0 bridgehead atoms. The topological polar surface area (TPSA) is 37.8 Å². The normalized spacial score (nSPS) is 10.9. The van der Waals surface area contributed by atoms with E-state index in [-0.39, 0.29) is 0 Å². The van der Waals surface area contributed by atoms with Gasteiger partial charge in [0.25, 0.3) is 0 Å². The zero-order valence-corrected chi connectivity index (χ0v) is 11.1. The van der Waals surface area contributed by atoms with Crippen molar-refractivity contribution in [1.82, 2.24) is 15.3 Å². The number of hydrogen-bond acceptors (Lipinski definition) is 5. The molecule has 2 aromatic rings. The second kappa shape index (κ2) is 5.52. The quantitative estimate of drug-likeness (QED) is 0.832. The van der Waals surface area contributed by atoms with E-state index in [0.717, 1.165) is 30.2 Å². The first-order valence-corrected chi connectivity index (χ1v) is 6.96. The Labute approximate surface area is 104 Å². The molecule has 0 aliphatic carbocycles. The second-order valence-electron chi connectivity index (χ2n) is 3.65. The van der Waals surface area contributed by atoms with Crippen LogP contribution in [-0.4, -0.2) is 16.5 Å². The minimum Gasteiger partial charge on any atom is -0.311 e. The van der Waals surface area contributed by atoms with E-state index in [1.165, 1.54) is 9.88 Å². The molecule has 2 rings (SSSR count). The first-order valence-electron chi connectivity index (χ1n) is 5.27. The Morgan fingerprint density at radius 3 is 2.88 bits per heavy atom. The molecule has 0 aliphatic rings. The zero-order valence-electron chi connectivity index (χ0n) is 9.49. The van der Waals surface area contributed by atoms with Crippen LogP contribution in [0.25, 0.3) is 0 Å². The van der Waals surface area contributed by atoms with Crippen molar-refractivity contribution in [3.05, 3.63) is 32.2 Å². The van der Waals surface area contributed by atoms with Gasteiger partial charge in [-0.15, -0.1) is 22.7 Å². The Kier molecular flexibility index (Phi) is 4.04. The van der Waals surface area contributed by atoms with Crippen molar-refractivity contribution in [1.29, 1.82) is 0 Å². The van der Waals surface area contributed by atoms with Gasteiger partial charge in [-0.2, -0.15) is 0 Å². The summed E-state index contributed by atoms with van der Waals surface area (Å²) >= 11 is 3.47. The van der Waals surface area contributed by atoms with Gasteiger partial charge in [-0.1, -0.05) is 0 Å². The van der Waals surface area contributed by atoms with Gasteiger partial charge in [0.1, 0.15) is 0 Å². The van der Waals surface area contributed by atoms with Gasteiger partial charge in [0, 0.05) is 36.0 Å². The second-order valence-corrected chi connectivity index (χ2v) is 6.03. The summed E-state index contributed by atoms with van der Waals surface area (Å²) < 4.78 is 0. The third-order valence-corrected chi connectivity index (χ3v) is 3.95. The number of aromatic nitrogens is 2. The molecule has 0 aliphatic heterocycles. The van der Waals surface area contributed by atoms with E-state index in [4.69, 9.17) is 0 Å². The average Bonchev–Trinajstić information content (AvgIpc) is 2.83. The van der Waals surface area contributed by atoms with Gasteiger partial charge in [-0.3, -0.25) is 0 Å². The summed E-state index contributed by atoms with van der Waals surface area (Å²) in [7, 11) is 0. The third-order valence-electron chi connectivity index (χ3n) is 2.16. The van der Waals surface area contributed by atoms with Crippen molar-refractivity contribution in [2.75, 3.05) is 6.54 Å². The highest BCUT2D eigenvalue weighted by Crippen LogP contribution is 2.11. The molecule has 2 aromatic heterocycles. The molecule has 0 amide bonds. The van der Waals surface area contributed by atoms with Gasteiger partial charge in [-0.25, -0.2) is 9.97 Å². The molecule has 0 saturated heterocycles. The molecule has 2 heterocycles. The van der Waals surface area contributed by atoms with Crippen LogP contribution in [0.2, 0.25) is 0 Å². The van der Waals surface area contributed by atoms with Crippen LogP contribution in [0.15, 0.2) is 11.6 Å². The van der Waals surface area contributed by atoms with Crippen molar-refractivity contribution in [3.63, 3.8) is 0 Å². The summed E-state index contributed by atoms with van der Waals surface area (Å²) in [5.74, 6) is 0. The number of rotatable bonds is 5. The van der Waals surface area contributed by atoms with Crippen LogP contribution in [0.5, 0.6) is 0 Å². The molecule has 0 radical (unpaired) electrons. The molecule has 0 fully saturated rings. The van der Waals surface area contributed by atoms with Crippen LogP contribution in [0.4, 0.5) is 0 Å². The minimum absolute atomic E-state index is 0.856. The highest BCUT2D eigenvalue weighted by atomic mass is 32.1. The highest BCUT2D eigenvalue weighted by Gasteiger charge is 2.00. The van der Waals surface area contributed by atoms with E-state index in [1.807, 2.05) is 13.1 Å². The number of nitrogens with zero attached hydrogens (tertiary/aromatic N) is 2. The Bertz CT molecular complexity index is 405. The van der Waals surface area contributed by atoms with Gasteiger partial charge < -0.3 is 5.32 Å². The van der Waals surface area contributed by atoms with Crippen LogP contribution < -0.4 is 5.32 Å². The molecule has 86 valence electrons. The van der Waals surface area contributed by atoms with Crippen LogP contribution in [0.1, 0.15) is 20.6 Å². The van der Waals surface area contributed by atoms with E-state index in [9.17, 15) is 0 Å². The SMILES string of the molecule is Cc1cnc(CCNCc2csc(C)n2)s1. The lowest BCUT2D eigenvalue weighted by Crippen LogP contribution is -2.16. The Morgan fingerprint density at radius 1 is 1.38 bits per heavy atom. The van der Waals surface area contributed by atoms with E-state index in [2.05, 4.69) is 27.6 Å². The first kappa shape index (κ1) is 11.7. The van der Waals surface area contributed by atoms with Crippen LogP contribution in [0.3, 0.4) is 0 Å². The standard InChI is InChI=1S/C11H15N3S2/c1-8-5-13-11(16-8)3-4-12-6-10-7-15-9(2)14-10/h5,7,12H,3-4,6H2,1-2H3. The molecule has 16 heavy (non-hydrogen) atoms. The molecule has 0 atom stereocenters. The van der Waals surface area contributed by atoms with Crippen molar-refractivity contribution in [3.8, 4) is 0 Å². The minimum atomic E-state index is 0.856. The number of thiazole rings is 2. The predicted octanol–water partition coefficient (Wildman–Crippen LogP) is 2.55. The van der Waals surface area contributed by atoms with Gasteiger partial charge in [0.05, 0.1) is 15.7 Å². The van der Waals surface area contributed by atoms with Gasteiger partial charge in [0.15, 0.2) is 0 Å². The largest absolute Gasteiger partial charge is 0.311 e. The van der Waals surface area contributed by atoms with E-state index >= 15 is 0 Å². The maximum atomic E-state index is 4.40. The van der Waals surface area contributed by atoms with Gasteiger partial charge >= 0.3 is 0 Å². The fourth-order valence-electron chi connectivity index (χ4n) is 1.42. The maximum absolute atomic E-state index is 4.40. The molecular weight excluding hydrogens is 238 g/mol. The Balaban J connectivity index is 1.69. The lowest BCUT2D eigenvalue weighted by molar-refractivity contribution is 0.675. The van der Waals surface area contributed by atoms with Crippen molar-refractivity contribution < 1.29 is 0 Å². The van der Waals surface area contributed by atoms with Crippen LogP contribution in [-0.2, 0) is 13.0 Å². The molecule has 0 unspecified atom stereocenters. The lowest BCUT2D eigenvalue weighted by atomic mass is 10.4. The fourth-order valence-corrected chi connectivity index (χ4v) is 2.82. The van der Waals surface area contributed by atoms with Gasteiger partial charge in [0.2, 0.25) is 0 Å². The van der Waals surface area contributed by atoms with Crippen molar-refractivity contribution in [2.24, 2.45) is 0 Å². The molecule has 0 aromatic carbocycles. The predicted molar refractivity (Wildman–Crippen MR) is 69.1 cm³/mol. The molecule has 3 nitrogen and oxygen atoms in total. The highest BCUT2D eigenvalue weighted by molar-refractivity contribution is 7.11.